The molecule has 0 spiro atoms. The Morgan fingerprint density at radius 2 is 1.88 bits per heavy atom. The summed E-state index contributed by atoms with van der Waals surface area (Å²) >= 11 is 3.46. The van der Waals surface area contributed by atoms with E-state index in [9.17, 15) is 4.79 Å². The fourth-order valence-electron chi connectivity index (χ4n) is 4.74. The molecular weight excluding hydrogens is 450 g/mol. The molecule has 172 valence electrons. The van der Waals surface area contributed by atoms with Crippen molar-refractivity contribution in [2.75, 3.05) is 11.4 Å². The van der Waals surface area contributed by atoms with Crippen LogP contribution in [0.2, 0.25) is 0 Å². The number of hydrogen-bond donors (Lipinski definition) is 0. The Hall–Kier alpha value is -2.64. The second-order valence-corrected chi connectivity index (χ2v) is 10.4. The molecule has 0 bridgehead atoms. The summed E-state index contributed by atoms with van der Waals surface area (Å²) in [6.07, 6.45) is 11.0. The molecule has 1 aromatic carbocycles. The summed E-state index contributed by atoms with van der Waals surface area (Å²) in [5.41, 5.74) is 2.63. The first-order valence-corrected chi connectivity index (χ1v) is 13.5. The second kappa shape index (κ2) is 9.31. The minimum absolute atomic E-state index is 0.0635. The highest BCUT2D eigenvalue weighted by atomic mass is 32.1. The highest BCUT2D eigenvalue weighted by Gasteiger charge is 2.26. The second-order valence-electron chi connectivity index (χ2n) is 8.25. The fourth-order valence-corrected chi connectivity index (χ4v) is 7.21. The van der Waals surface area contributed by atoms with Crippen LogP contribution in [-0.2, 0) is 25.9 Å². The van der Waals surface area contributed by atoms with Crippen molar-refractivity contribution in [3.05, 3.63) is 71.4 Å². The van der Waals surface area contributed by atoms with Crippen LogP contribution >= 0.6 is 22.7 Å². The molecule has 1 aliphatic carbocycles. The zero-order valence-electron chi connectivity index (χ0n) is 19.5. The van der Waals surface area contributed by atoms with Crippen molar-refractivity contribution in [1.82, 2.24) is 4.57 Å². The number of fused-ring (bicyclic) bond motifs is 2. The number of rotatable bonds is 5. The van der Waals surface area contributed by atoms with Crippen LogP contribution < -0.4 is 29.0 Å². The van der Waals surface area contributed by atoms with Crippen LogP contribution in [0.1, 0.15) is 49.2 Å². The van der Waals surface area contributed by atoms with Gasteiger partial charge in [-0.3, -0.25) is 9.36 Å². The van der Waals surface area contributed by atoms with E-state index in [1.807, 2.05) is 53.2 Å². The Labute approximate surface area is 202 Å². The Morgan fingerprint density at radius 1 is 1.06 bits per heavy atom. The Kier molecular flexibility index (Phi) is 6.25. The molecule has 0 radical (unpaired) electrons. The number of aromatic nitrogens is 2. The van der Waals surface area contributed by atoms with Crippen molar-refractivity contribution in [3.63, 3.8) is 0 Å². The van der Waals surface area contributed by atoms with Gasteiger partial charge in [-0.1, -0.05) is 23.5 Å². The van der Waals surface area contributed by atoms with Crippen molar-refractivity contribution in [1.29, 1.82) is 0 Å². The predicted molar refractivity (Wildman–Crippen MR) is 137 cm³/mol. The van der Waals surface area contributed by atoms with Crippen LogP contribution in [0.15, 0.2) is 41.0 Å². The van der Waals surface area contributed by atoms with Crippen molar-refractivity contribution in [3.8, 4) is 5.75 Å². The molecule has 0 N–H and O–H groups in total. The minimum Gasteiger partial charge on any atom is -0.439 e. The van der Waals surface area contributed by atoms with Crippen molar-refractivity contribution >= 4 is 40.5 Å². The number of hydrogen-bond acceptors (Lipinski definition) is 5. The van der Waals surface area contributed by atoms with Gasteiger partial charge in [-0.15, -0.1) is 11.3 Å². The van der Waals surface area contributed by atoms with Crippen LogP contribution in [0.5, 0.6) is 5.75 Å². The summed E-state index contributed by atoms with van der Waals surface area (Å²) in [4.78, 5) is 16.8. The smallest absolute Gasteiger partial charge is 0.269 e. The first kappa shape index (κ1) is 22.2. The zero-order chi connectivity index (χ0) is 22.9. The molecule has 3 aromatic rings. The molecule has 0 saturated carbocycles. The summed E-state index contributed by atoms with van der Waals surface area (Å²) in [5, 5.41) is 1.25. The number of allylic oxidation sites excluding steroid dienone is 1. The normalized spacial score (nSPS) is 17.5. The van der Waals surface area contributed by atoms with Gasteiger partial charge in [0.25, 0.3) is 10.6 Å². The number of nitrogens with zero attached hydrogens (tertiary/aromatic N) is 3. The lowest BCUT2D eigenvalue weighted by atomic mass is 10.0. The molecule has 7 heteroatoms. The van der Waals surface area contributed by atoms with Crippen molar-refractivity contribution < 1.29 is 9.30 Å². The first-order valence-electron chi connectivity index (χ1n) is 11.9. The van der Waals surface area contributed by atoms with Crippen LogP contribution in [0.3, 0.4) is 0 Å². The lowest BCUT2D eigenvalue weighted by Crippen LogP contribution is -2.39. The zero-order valence-corrected chi connectivity index (χ0v) is 21.1. The molecule has 3 heterocycles. The summed E-state index contributed by atoms with van der Waals surface area (Å²) in [5.74, 6) is 1.62. The molecule has 0 unspecified atom stereocenters. The van der Waals surface area contributed by atoms with Crippen LogP contribution in [-0.4, -0.2) is 11.1 Å². The van der Waals surface area contributed by atoms with Gasteiger partial charge in [-0.25, -0.2) is 0 Å². The van der Waals surface area contributed by atoms with Gasteiger partial charge in [-0.05, 0) is 58.2 Å². The molecule has 2 aliphatic rings. The third-order valence-corrected chi connectivity index (χ3v) is 8.67. The summed E-state index contributed by atoms with van der Waals surface area (Å²) in [6, 6.07) is 8.03. The van der Waals surface area contributed by atoms with Crippen LogP contribution in [0, 0.1) is 0 Å². The minimum atomic E-state index is 0.0635. The topological polar surface area (TPSA) is 38.4 Å². The van der Waals surface area contributed by atoms with Crippen LogP contribution in [0.25, 0.3) is 12.2 Å². The third kappa shape index (κ3) is 3.97. The van der Waals surface area contributed by atoms with E-state index in [1.165, 1.54) is 41.3 Å². The highest BCUT2D eigenvalue weighted by molar-refractivity contribution is 7.12. The molecule has 33 heavy (non-hydrogen) atoms. The number of para-hydroxylation sites is 2. The molecule has 5 nitrogen and oxygen atoms in total. The maximum absolute atomic E-state index is 13.2. The van der Waals surface area contributed by atoms with Gasteiger partial charge in [0.05, 0.1) is 21.2 Å². The molecule has 0 amide bonds. The average Bonchev–Trinajstić information content (AvgIpc) is 3.47. The molecule has 0 saturated heterocycles. The molecule has 1 aliphatic heterocycles. The third-order valence-electron chi connectivity index (χ3n) is 6.35. The standard InChI is InChI=1S/C26H30N3O2S2/c1-4-27-18-11-7-9-13-20(18)31-23(27)16-15-22-26(30)29(6-3)25(33-22)17-24-28(5-2)19-12-8-10-14-21(19)32-24/h7,9,11,13,15-17H,4-6,8,10,12,14H2,1-3H3/q+1/b22-15-,23-16-. The Morgan fingerprint density at radius 3 is 2.67 bits per heavy atom. The SMILES string of the molecule is CCN1/C(=C/C=c2\s/c(=C\c3sc4c([n+]3CC)CCCC4)n(CC)c2=O)Oc2ccccc21. The van der Waals surface area contributed by atoms with Crippen molar-refractivity contribution in [2.24, 2.45) is 0 Å². The number of benzene rings is 1. The summed E-state index contributed by atoms with van der Waals surface area (Å²) in [6.45, 7) is 8.78. The maximum Gasteiger partial charge on any atom is 0.269 e. The lowest BCUT2D eigenvalue weighted by Gasteiger charge is -2.14. The van der Waals surface area contributed by atoms with Gasteiger partial charge in [0.2, 0.25) is 5.88 Å². The fraction of sp³-hybridized carbons (Fsp3) is 0.385. The monoisotopic (exact) mass is 480 g/mol. The average molecular weight is 481 g/mol. The molecule has 2 aromatic heterocycles. The van der Waals surface area contributed by atoms with Gasteiger partial charge >= 0.3 is 0 Å². The van der Waals surface area contributed by atoms with Gasteiger partial charge in [-0.2, -0.15) is 4.57 Å². The van der Waals surface area contributed by atoms with E-state index in [2.05, 4.69) is 35.5 Å². The summed E-state index contributed by atoms with van der Waals surface area (Å²) < 4.78 is 12.1. The number of ether oxygens (including phenoxy) is 1. The van der Waals surface area contributed by atoms with E-state index >= 15 is 0 Å². The number of thiazole rings is 2. The van der Waals surface area contributed by atoms with Gasteiger partial charge in [0.1, 0.15) is 11.2 Å². The largest absolute Gasteiger partial charge is 0.439 e. The molecule has 5 rings (SSSR count). The molecular formula is C26H30N3O2S2+. The number of anilines is 1. The van der Waals surface area contributed by atoms with Gasteiger partial charge in [0.15, 0.2) is 11.4 Å². The predicted octanol–water partition coefficient (Wildman–Crippen LogP) is 3.55. The van der Waals surface area contributed by atoms with E-state index in [0.717, 1.165) is 39.6 Å². The van der Waals surface area contributed by atoms with Gasteiger partial charge < -0.3 is 9.64 Å². The van der Waals surface area contributed by atoms with E-state index in [4.69, 9.17) is 4.74 Å². The van der Waals surface area contributed by atoms with Crippen LogP contribution in [0.4, 0.5) is 5.69 Å². The Balaban J connectivity index is 1.57. The summed E-state index contributed by atoms with van der Waals surface area (Å²) in [7, 11) is 0. The van der Waals surface area contributed by atoms with E-state index in [1.54, 1.807) is 11.3 Å². The lowest BCUT2D eigenvalue weighted by molar-refractivity contribution is -0.698. The van der Waals surface area contributed by atoms with E-state index < -0.39 is 0 Å². The molecule has 0 atom stereocenters. The highest BCUT2D eigenvalue weighted by Crippen LogP contribution is 2.38. The number of aryl methyl sites for hydroxylation is 1. The molecule has 0 fully saturated rings. The maximum atomic E-state index is 13.2. The quantitative estimate of drug-likeness (QED) is 0.525. The van der Waals surface area contributed by atoms with Crippen molar-refractivity contribution in [2.45, 2.75) is 59.5 Å². The Bertz CT molecular complexity index is 1390. The van der Waals surface area contributed by atoms with E-state index in [-0.39, 0.29) is 5.56 Å². The van der Waals surface area contributed by atoms with Gasteiger partial charge in [0, 0.05) is 25.6 Å². The first-order chi connectivity index (χ1) is 16.1. The van der Waals surface area contributed by atoms with E-state index in [0.29, 0.717) is 6.54 Å².